The van der Waals surface area contributed by atoms with Crippen molar-refractivity contribution in [1.82, 2.24) is 14.9 Å². The van der Waals surface area contributed by atoms with E-state index in [9.17, 15) is 4.79 Å². The molecule has 0 aromatic carbocycles. The van der Waals surface area contributed by atoms with Crippen molar-refractivity contribution in [2.24, 2.45) is 0 Å². The number of fused-ring (bicyclic) bond motifs is 1. The molecule has 2 N–H and O–H groups in total. The van der Waals surface area contributed by atoms with Gasteiger partial charge in [0.2, 0.25) is 0 Å². The highest BCUT2D eigenvalue weighted by atomic mass is 32.1. The number of nitrogen functional groups attached to an aromatic ring is 1. The number of thiophene rings is 1. The number of aryl methyl sites for hydroxylation is 2. The lowest BCUT2D eigenvalue weighted by Crippen LogP contribution is -2.24. The highest BCUT2D eigenvalue weighted by Crippen LogP contribution is 2.32. The Bertz CT molecular complexity index is 667. The number of hydrogen-bond donors (Lipinski definition) is 1. The van der Waals surface area contributed by atoms with Gasteiger partial charge in [0.15, 0.2) is 5.82 Å². The van der Waals surface area contributed by atoms with Gasteiger partial charge in [0.25, 0.3) is 0 Å². The molecule has 1 fully saturated rings. The molecule has 0 radical (unpaired) electrons. The first-order chi connectivity index (χ1) is 9.06. The average molecular weight is 278 g/mol. The fourth-order valence-corrected chi connectivity index (χ4v) is 3.19. The number of carbonyl (C=O) groups is 1. The fourth-order valence-electron chi connectivity index (χ4n) is 2.14. The molecule has 0 spiro atoms. The van der Waals surface area contributed by atoms with Crippen molar-refractivity contribution in [2.45, 2.75) is 20.4 Å². The summed E-state index contributed by atoms with van der Waals surface area (Å²) in [7, 11) is 0. The third-order valence-corrected chi connectivity index (χ3v) is 4.38. The molecule has 0 aliphatic carbocycles. The first kappa shape index (κ1) is 12.2. The predicted molar refractivity (Wildman–Crippen MR) is 73.1 cm³/mol. The smallest absolute Gasteiger partial charge is 0.410 e. The van der Waals surface area contributed by atoms with Crippen molar-refractivity contribution in [3.63, 3.8) is 0 Å². The summed E-state index contributed by atoms with van der Waals surface area (Å²) in [5, 5.41) is 0.926. The van der Waals surface area contributed by atoms with Crippen LogP contribution < -0.4 is 5.73 Å². The monoisotopic (exact) mass is 278 g/mol. The average Bonchev–Trinajstić information content (AvgIpc) is 2.85. The van der Waals surface area contributed by atoms with Crippen LogP contribution in [0.1, 0.15) is 16.3 Å². The number of amides is 1. The van der Waals surface area contributed by atoms with Crippen molar-refractivity contribution in [3.05, 3.63) is 16.3 Å². The molecule has 1 saturated heterocycles. The van der Waals surface area contributed by atoms with Gasteiger partial charge in [-0.25, -0.2) is 14.8 Å². The van der Waals surface area contributed by atoms with Gasteiger partial charge in [-0.3, -0.25) is 4.90 Å². The Hall–Kier alpha value is -1.89. The van der Waals surface area contributed by atoms with Crippen LogP contribution in [0, 0.1) is 13.8 Å². The number of hydrogen-bond acceptors (Lipinski definition) is 6. The number of nitrogens with zero attached hydrogens (tertiary/aromatic N) is 3. The van der Waals surface area contributed by atoms with E-state index in [0.29, 0.717) is 31.3 Å². The minimum atomic E-state index is -0.319. The second kappa shape index (κ2) is 4.34. The maximum Gasteiger partial charge on any atom is 0.410 e. The number of nitrogens with two attached hydrogens (primary N) is 1. The van der Waals surface area contributed by atoms with Crippen molar-refractivity contribution < 1.29 is 9.53 Å². The third kappa shape index (κ3) is 1.99. The minimum Gasteiger partial charge on any atom is -0.448 e. The minimum absolute atomic E-state index is 0.319. The summed E-state index contributed by atoms with van der Waals surface area (Å²) in [6.07, 6.45) is -0.319. The molecule has 1 amide bonds. The van der Waals surface area contributed by atoms with E-state index >= 15 is 0 Å². The Balaban J connectivity index is 1.99. The van der Waals surface area contributed by atoms with Gasteiger partial charge in [-0.05, 0) is 19.4 Å². The zero-order valence-electron chi connectivity index (χ0n) is 10.8. The molecule has 19 heavy (non-hydrogen) atoms. The Morgan fingerprint density at radius 2 is 2.21 bits per heavy atom. The number of aromatic nitrogens is 2. The van der Waals surface area contributed by atoms with Crippen LogP contribution in [0.3, 0.4) is 0 Å². The van der Waals surface area contributed by atoms with E-state index in [1.165, 1.54) is 4.88 Å². The van der Waals surface area contributed by atoms with Crippen LogP contribution in [0.25, 0.3) is 10.2 Å². The standard InChI is InChI=1S/C12H14N4O2S/c1-6-7(2)19-11-9(6)10(13)14-8(15-11)5-16-3-4-18-12(16)17/h3-5H2,1-2H3,(H2,13,14,15). The SMILES string of the molecule is Cc1sc2nc(CN3CCOC3=O)nc(N)c2c1C. The molecule has 3 rings (SSSR count). The van der Waals surface area contributed by atoms with Crippen LogP contribution in [-0.4, -0.2) is 34.1 Å². The maximum atomic E-state index is 11.4. The summed E-state index contributed by atoms with van der Waals surface area (Å²) in [5.74, 6) is 1.04. The molecule has 0 bridgehead atoms. The molecule has 0 atom stereocenters. The molecule has 1 aliphatic heterocycles. The molecule has 2 aromatic heterocycles. The third-order valence-electron chi connectivity index (χ3n) is 3.28. The first-order valence-corrected chi connectivity index (χ1v) is 6.81. The summed E-state index contributed by atoms with van der Waals surface area (Å²) < 4.78 is 4.88. The van der Waals surface area contributed by atoms with E-state index in [1.807, 2.05) is 13.8 Å². The first-order valence-electron chi connectivity index (χ1n) is 6.00. The quantitative estimate of drug-likeness (QED) is 0.906. The number of carbonyl (C=O) groups excluding carboxylic acids is 1. The highest BCUT2D eigenvalue weighted by molar-refractivity contribution is 7.18. The van der Waals surface area contributed by atoms with E-state index in [1.54, 1.807) is 16.2 Å². The van der Waals surface area contributed by atoms with Gasteiger partial charge in [-0.1, -0.05) is 0 Å². The van der Waals surface area contributed by atoms with Crippen LogP contribution in [0.5, 0.6) is 0 Å². The lowest BCUT2D eigenvalue weighted by molar-refractivity contribution is 0.156. The summed E-state index contributed by atoms with van der Waals surface area (Å²) >= 11 is 1.60. The van der Waals surface area contributed by atoms with Crippen LogP contribution in [0.15, 0.2) is 0 Å². The second-order valence-electron chi connectivity index (χ2n) is 4.52. The Kier molecular flexibility index (Phi) is 2.78. The Labute approximate surface area is 114 Å². The van der Waals surface area contributed by atoms with Gasteiger partial charge in [0, 0.05) is 4.88 Å². The normalized spacial score (nSPS) is 15.3. The zero-order valence-corrected chi connectivity index (χ0v) is 11.6. The van der Waals surface area contributed by atoms with Gasteiger partial charge in [-0.15, -0.1) is 11.3 Å². The highest BCUT2D eigenvalue weighted by Gasteiger charge is 2.23. The largest absolute Gasteiger partial charge is 0.448 e. The van der Waals surface area contributed by atoms with E-state index in [2.05, 4.69) is 9.97 Å². The fraction of sp³-hybridized carbons (Fsp3) is 0.417. The van der Waals surface area contributed by atoms with Crippen molar-refractivity contribution in [1.29, 1.82) is 0 Å². The van der Waals surface area contributed by atoms with Crippen LogP contribution >= 0.6 is 11.3 Å². The number of cyclic esters (lactones) is 1. The van der Waals surface area contributed by atoms with Crippen molar-refractivity contribution in [2.75, 3.05) is 18.9 Å². The van der Waals surface area contributed by atoms with Gasteiger partial charge in [-0.2, -0.15) is 0 Å². The van der Waals surface area contributed by atoms with Crippen molar-refractivity contribution >= 4 is 33.5 Å². The maximum absolute atomic E-state index is 11.4. The van der Waals surface area contributed by atoms with Gasteiger partial charge in [0.05, 0.1) is 18.5 Å². The molecule has 2 aromatic rings. The number of anilines is 1. The van der Waals surface area contributed by atoms with E-state index in [0.717, 1.165) is 15.8 Å². The lowest BCUT2D eigenvalue weighted by Gasteiger charge is -2.11. The van der Waals surface area contributed by atoms with E-state index < -0.39 is 0 Å². The Morgan fingerprint density at radius 3 is 2.89 bits per heavy atom. The molecule has 1 aliphatic rings. The van der Waals surface area contributed by atoms with Gasteiger partial charge < -0.3 is 10.5 Å². The summed E-state index contributed by atoms with van der Waals surface area (Å²) in [6.45, 7) is 5.40. The van der Waals surface area contributed by atoms with Crippen LogP contribution in [0.4, 0.5) is 10.6 Å². The number of rotatable bonds is 2. The van der Waals surface area contributed by atoms with Gasteiger partial charge in [0.1, 0.15) is 17.3 Å². The summed E-state index contributed by atoms with van der Waals surface area (Å²) in [6, 6.07) is 0. The Morgan fingerprint density at radius 1 is 1.42 bits per heavy atom. The molecule has 3 heterocycles. The lowest BCUT2D eigenvalue weighted by atomic mass is 10.2. The summed E-state index contributed by atoms with van der Waals surface area (Å²) in [4.78, 5) is 23.8. The van der Waals surface area contributed by atoms with E-state index in [-0.39, 0.29) is 6.09 Å². The second-order valence-corrected chi connectivity index (χ2v) is 5.73. The van der Waals surface area contributed by atoms with E-state index in [4.69, 9.17) is 10.5 Å². The molecule has 6 nitrogen and oxygen atoms in total. The molecule has 7 heteroatoms. The predicted octanol–water partition coefficient (Wildman–Crippen LogP) is 1.84. The molecule has 100 valence electrons. The van der Waals surface area contributed by atoms with Crippen LogP contribution in [-0.2, 0) is 11.3 Å². The zero-order chi connectivity index (χ0) is 13.6. The van der Waals surface area contributed by atoms with Crippen molar-refractivity contribution in [3.8, 4) is 0 Å². The van der Waals surface area contributed by atoms with Crippen LogP contribution in [0.2, 0.25) is 0 Å². The molecular weight excluding hydrogens is 264 g/mol. The summed E-state index contributed by atoms with van der Waals surface area (Å²) in [5.41, 5.74) is 7.13. The molecule has 0 unspecified atom stereocenters. The molecule has 0 saturated carbocycles. The number of ether oxygens (including phenoxy) is 1. The molecular formula is C12H14N4O2S. The van der Waals surface area contributed by atoms with Gasteiger partial charge >= 0.3 is 6.09 Å². The topological polar surface area (TPSA) is 81.3 Å².